The zero-order valence-corrected chi connectivity index (χ0v) is 14.2. The summed E-state index contributed by atoms with van der Waals surface area (Å²) in [5.74, 6) is 0.592. The molecule has 0 aliphatic heterocycles. The van der Waals surface area contributed by atoms with Crippen LogP contribution < -0.4 is 5.32 Å². The predicted octanol–water partition coefficient (Wildman–Crippen LogP) is 4.36. The van der Waals surface area contributed by atoms with Crippen LogP contribution in [0.5, 0.6) is 0 Å². The van der Waals surface area contributed by atoms with Crippen molar-refractivity contribution in [3.05, 3.63) is 52.8 Å². The maximum absolute atomic E-state index is 12.3. The standard InChI is InChI=1S/C20H21N3O2/c1-2-25-20(24)19-18-14-7-6-13(9-14)17(18)16(11-22-19)23-15-5-3-4-12(8-15)10-21/h3-5,8,10-11,13-14,21,23H,2,6-7,9H2,1H3. The molecular weight excluding hydrogens is 314 g/mol. The van der Waals surface area contributed by atoms with Crippen LogP contribution >= 0.6 is 0 Å². The molecule has 2 bridgehead atoms. The van der Waals surface area contributed by atoms with Crippen molar-refractivity contribution in [2.75, 3.05) is 11.9 Å². The number of rotatable bonds is 5. The van der Waals surface area contributed by atoms with E-state index in [0.29, 0.717) is 24.1 Å². The molecular formula is C20H21N3O2. The van der Waals surface area contributed by atoms with E-state index in [1.165, 1.54) is 18.2 Å². The average Bonchev–Trinajstić information content (AvgIpc) is 3.25. The van der Waals surface area contributed by atoms with E-state index in [4.69, 9.17) is 10.1 Å². The number of esters is 1. The Morgan fingerprint density at radius 2 is 2.16 bits per heavy atom. The highest BCUT2D eigenvalue weighted by Gasteiger charge is 2.42. The van der Waals surface area contributed by atoms with E-state index < -0.39 is 0 Å². The first-order chi connectivity index (χ1) is 12.2. The molecule has 2 unspecified atom stereocenters. The van der Waals surface area contributed by atoms with Gasteiger partial charge in [-0.1, -0.05) is 12.1 Å². The van der Waals surface area contributed by atoms with Gasteiger partial charge in [0.15, 0.2) is 5.69 Å². The summed E-state index contributed by atoms with van der Waals surface area (Å²) in [4.78, 5) is 16.7. The van der Waals surface area contributed by atoms with Crippen LogP contribution in [-0.4, -0.2) is 23.8 Å². The van der Waals surface area contributed by atoms with E-state index in [9.17, 15) is 4.79 Å². The first kappa shape index (κ1) is 15.8. The van der Waals surface area contributed by atoms with Crippen LogP contribution in [0.3, 0.4) is 0 Å². The highest BCUT2D eigenvalue weighted by Crippen LogP contribution is 2.56. The summed E-state index contributed by atoms with van der Waals surface area (Å²) in [6.07, 6.45) is 6.48. The number of carbonyl (C=O) groups excluding carboxylic acids is 1. The summed E-state index contributed by atoms with van der Waals surface area (Å²) in [6, 6.07) is 7.74. The van der Waals surface area contributed by atoms with Crippen molar-refractivity contribution in [3.8, 4) is 0 Å². The topological polar surface area (TPSA) is 75.1 Å². The molecule has 1 saturated carbocycles. The van der Waals surface area contributed by atoms with Gasteiger partial charge in [-0.2, -0.15) is 0 Å². The van der Waals surface area contributed by atoms with Crippen molar-refractivity contribution in [3.63, 3.8) is 0 Å². The fraction of sp³-hybridized carbons (Fsp3) is 0.350. The summed E-state index contributed by atoms with van der Waals surface area (Å²) < 4.78 is 5.20. The number of hydrogen-bond donors (Lipinski definition) is 2. The fourth-order valence-electron chi connectivity index (χ4n) is 4.22. The van der Waals surface area contributed by atoms with E-state index in [2.05, 4.69) is 10.3 Å². The average molecular weight is 335 g/mol. The second-order valence-corrected chi connectivity index (χ2v) is 6.67. The third-order valence-corrected chi connectivity index (χ3v) is 5.21. The highest BCUT2D eigenvalue weighted by molar-refractivity contribution is 5.91. The number of carbonyl (C=O) groups is 1. The number of nitrogens with zero attached hydrogens (tertiary/aromatic N) is 1. The molecule has 128 valence electrons. The Labute approximate surface area is 146 Å². The number of aromatic nitrogens is 1. The fourth-order valence-corrected chi connectivity index (χ4v) is 4.22. The van der Waals surface area contributed by atoms with Crippen LogP contribution in [0.25, 0.3) is 0 Å². The van der Waals surface area contributed by atoms with Crippen molar-refractivity contribution < 1.29 is 9.53 Å². The first-order valence-electron chi connectivity index (χ1n) is 8.78. The minimum atomic E-state index is -0.316. The van der Waals surface area contributed by atoms with Crippen LogP contribution in [0, 0.1) is 5.41 Å². The molecule has 0 amide bonds. The Balaban J connectivity index is 1.75. The molecule has 2 aliphatic carbocycles. The molecule has 5 heteroatoms. The normalized spacial score (nSPS) is 20.2. The largest absolute Gasteiger partial charge is 0.461 e. The minimum Gasteiger partial charge on any atom is -0.461 e. The van der Waals surface area contributed by atoms with Gasteiger partial charge in [0.1, 0.15) is 0 Å². The van der Waals surface area contributed by atoms with Gasteiger partial charge in [-0.05, 0) is 66.8 Å². The maximum Gasteiger partial charge on any atom is 0.357 e. The summed E-state index contributed by atoms with van der Waals surface area (Å²) in [5, 5.41) is 10.9. The second kappa shape index (κ2) is 6.31. The molecule has 0 spiro atoms. The van der Waals surface area contributed by atoms with E-state index in [0.717, 1.165) is 35.3 Å². The third kappa shape index (κ3) is 2.69. The summed E-state index contributed by atoms with van der Waals surface area (Å²) in [5.41, 5.74) is 5.55. The van der Waals surface area contributed by atoms with Crippen molar-refractivity contribution in [1.82, 2.24) is 4.98 Å². The van der Waals surface area contributed by atoms with Gasteiger partial charge in [-0.3, -0.25) is 0 Å². The van der Waals surface area contributed by atoms with E-state index >= 15 is 0 Å². The molecule has 1 heterocycles. The predicted molar refractivity (Wildman–Crippen MR) is 97.1 cm³/mol. The Bertz CT molecular complexity index is 847. The summed E-state index contributed by atoms with van der Waals surface area (Å²) in [6.45, 7) is 2.18. The zero-order valence-electron chi connectivity index (χ0n) is 14.2. The van der Waals surface area contributed by atoms with E-state index in [1.807, 2.05) is 31.2 Å². The van der Waals surface area contributed by atoms with Crippen LogP contribution in [0.15, 0.2) is 30.5 Å². The molecule has 0 radical (unpaired) electrons. The number of benzene rings is 1. The van der Waals surface area contributed by atoms with Gasteiger partial charge < -0.3 is 15.5 Å². The molecule has 2 aromatic rings. The molecule has 5 nitrogen and oxygen atoms in total. The quantitative estimate of drug-likeness (QED) is 0.629. The molecule has 1 aromatic carbocycles. The van der Waals surface area contributed by atoms with Gasteiger partial charge in [0.25, 0.3) is 0 Å². The van der Waals surface area contributed by atoms with Crippen molar-refractivity contribution in [1.29, 1.82) is 5.41 Å². The smallest absolute Gasteiger partial charge is 0.357 e. The molecule has 25 heavy (non-hydrogen) atoms. The molecule has 4 rings (SSSR count). The Kier molecular flexibility index (Phi) is 3.99. The Hall–Kier alpha value is -2.69. The van der Waals surface area contributed by atoms with Crippen molar-refractivity contribution >= 4 is 23.6 Å². The lowest BCUT2D eigenvalue weighted by atomic mass is 9.89. The molecule has 0 saturated heterocycles. The lowest BCUT2D eigenvalue weighted by molar-refractivity contribution is 0.0517. The SMILES string of the molecule is CCOC(=O)c1ncc(Nc2cccc(C=N)c2)c2c1C1CCC2C1. The van der Waals surface area contributed by atoms with E-state index in [-0.39, 0.29) is 5.97 Å². The lowest BCUT2D eigenvalue weighted by Gasteiger charge is -2.21. The number of ether oxygens (including phenoxy) is 1. The van der Waals surface area contributed by atoms with Gasteiger partial charge in [0.05, 0.1) is 18.5 Å². The van der Waals surface area contributed by atoms with Crippen molar-refractivity contribution in [2.24, 2.45) is 0 Å². The van der Waals surface area contributed by atoms with Gasteiger partial charge in [0, 0.05) is 11.9 Å². The van der Waals surface area contributed by atoms with Crippen LogP contribution in [-0.2, 0) is 4.74 Å². The minimum absolute atomic E-state index is 0.316. The van der Waals surface area contributed by atoms with Crippen LogP contribution in [0.2, 0.25) is 0 Å². The first-order valence-corrected chi connectivity index (χ1v) is 8.78. The van der Waals surface area contributed by atoms with Gasteiger partial charge in [-0.15, -0.1) is 0 Å². The Morgan fingerprint density at radius 3 is 2.92 bits per heavy atom. The van der Waals surface area contributed by atoms with Gasteiger partial charge in [0.2, 0.25) is 0 Å². The molecule has 2 atom stereocenters. The van der Waals surface area contributed by atoms with Gasteiger partial charge in [-0.25, -0.2) is 9.78 Å². The third-order valence-electron chi connectivity index (χ3n) is 5.21. The number of nitrogens with one attached hydrogen (secondary N) is 2. The molecule has 1 fully saturated rings. The molecule has 2 N–H and O–H groups in total. The Morgan fingerprint density at radius 1 is 1.36 bits per heavy atom. The van der Waals surface area contributed by atoms with E-state index in [1.54, 1.807) is 6.20 Å². The van der Waals surface area contributed by atoms with Crippen molar-refractivity contribution in [2.45, 2.75) is 38.0 Å². The second-order valence-electron chi connectivity index (χ2n) is 6.67. The van der Waals surface area contributed by atoms with Crippen LogP contribution in [0.4, 0.5) is 11.4 Å². The number of anilines is 2. The molecule has 1 aromatic heterocycles. The monoisotopic (exact) mass is 335 g/mol. The number of hydrogen-bond acceptors (Lipinski definition) is 5. The van der Waals surface area contributed by atoms with Gasteiger partial charge >= 0.3 is 5.97 Å². The number of pyridine rings is 1. The lowest BCUT2D eigenvalue weighted by Crippen LogP contribution is -2.15. The maximum atomic E-state index is 12.3. The molecule has 2 aliphatic rings. The highest BCUT2D eigenvalue weighted by atomic mass is 16.5. The summed E-state index contributed by atoms with van der Waals surface area (Å²) in [7, 11) is 0. The zero-order chi connectivity index (χ0) is 17.4. The number of fused-ring (bicyclic) bond motifs is 5. The van der Waals surface area contributed by atoms with Crippen LogP contribution in [0.1, 0.15) is 65.2 Å². The summed E-state index contributed by atoms with van der Waals surface area (Å²) >= 11 is 0.